The van der Waals surface area contributed by atoms with Gasteiger partial charge in [0.2, 0.25) is 10.0 Å². The highest BCUT2D eigenvalue weighted by molar-refractivity contribution is 9.12. The second kappa shape index (κ2) is 6.24. The number of nitrogens with one attached hydrogen (secondary N) is 1. The second-order valence-corrected chi connectivity index (χ2v) is 10.4. The van der Waals surface area contributed by atoms with Crippen LogP contribution in [0.25, 0.3) is 0 Å². The number of rotatable bonds is 4. The standard InChI is InChI=1S/C10H8Br2N2O3S3/c11-7-3-6(9(12)19-7)10(15)14-4-5-1-2-8(18-5)20(13,16)17/h1-3H,4H2,(H,14,15)(H2,13,16,17). The Bertz CT molecular complexity index is 752. The molecule has 0 aliphatic rings. The average Bonchev–Trinajstić information content (AvgIpc) is 2.92. The second-order valence-electron chi connectivity index (χ2n) is 3.69. The minimum absolute atomic E-state index is 0.0845. The largest absolute Gasteiger partial charge is 0.347 e. The molecule has 0 spiro atoms. The van der Waals surface area contributed by atoms with E-state index in [0.717, 1.165) is 18.9 Å². The van der Waals surface area contributed by atoms with Crippen molar-refractivity contribution in [2.45, 2.75) is 10.8 Å². The van der Waals surface area contributed by atoms with Gasteiger partial charge in [0.1, 0.15) is 4.21 Å². The molecular weight excluding hydrogens is 452 g/mol. The van der Waals surface area contributed by atoms with Crippen molar-refractivity contribution in [1.29, 1.82) is 0 Å². The number of carbonyl (C=O) groups is 1. The fourth-order valence-electron chi connectivity index (χ4n) is 1.36. The summed E-state index contributed by atoms with van der Waals surface area (Å²) in [6.07, 6.45) is 0. The minimum atomic E-state index is -3.68. The third-order valence-corrected chi connectivity index (χ3v) is 7.10. The van der Waals surface area contributed by atoms with Gasteiger partial charge in [0.15, 0.2) is 0 Å². The van der Waals surface area contributed by atoms with Gasteiger partial charge < -0.3 is 5.32 Å². The van der Waals surface area contributed by atoms with Gasteiger partial charge in [0, 0.05) is 4.88 Å². The zero-order valence-corrected chi connectivity index (χ0v) is 15.3. The summed E-state index contributed by atoms with van der Waals surface area (Å²) < 4.78 is 24.0. The van der Waals surface area contributed by atoms with Crippen LogP contribution in [0, 0.1) is 0 Å². The molecule has 0 aromatic carbocycles. The fourth-order valence-corrected chi connectivity index (χ4v) is 5.88. The first-order valence-electron chi connectivity index (χ1n) is 5.12. The molecule has 1 amide bonds. The molecule has 0 unspecified atom stereocenters. The summed E-state index contributed by atoms with van der Waals surface area (Å²) in [4.78, 5) is 12.7. The molecular formula is C10H8Br2N2O3S3. The number of thiophene rings is 2. The van der Waals surface area contributed by atoms with E-state index in [0.29, 0.717) is 10.4 Å². The van der Waals surface area contributed by atoms with Gasteiger partial charge in [-0.1, -0.05) is 0 Å². The van der Waals surface area contributed by atoms with Gasteiger partial charge >= 0.3 is 0 Å². The van der Waals surface area contributed by atoms with Crippen LogP contribution in [0.3, 0.4) is 0 Å². The van der Waals surface area contributed by atoms with E-state index in [1.54, 1.807) is 12.1 Å². The monoisotopic (exact) mass is 458 g/mol. The Hall–Kier alpha value is -0.260. The highest BCUT2D eigenvalue weighted by Crippen LogP contribution is 2.31. The lowest BCUT2D eigenvalue weighted by molar-refractivity contribution is 0.0951. The molecule has 0 bridgehead atoms. The molecule has 2 rings (SSSR count). The maximum atomic E-state index is 12.0. The molecule has 5 nitrogen and oxygen atoms in total. The Balaban J connectivity index is 2.04. The maximum Gasteiger partial charge on any atom is 0.253 e. The van der Waals surface area contributed by atoms with Gasteiger partial charge in [-0.05, 0) is 50.1 Å². The number of primary sulfonamides is 1. The predicted octanol–water partition coefficient (Wildman–Crippen LogP) is 2.91. The van der Waals surface area contributed by atoms with Crippen molar-refractivity contribution in [3.05, 3.63) is 36.2 Å². The number of amides is 1. The van der Waals surface area contributed by atoms with Crippen molar-refractivity contribution in [1.82, 2.24) is 5.32 Å². The quantitative estimate of drug-likeness (QED) is 0.736. The van der Waals surface area contributed by atoms with E-state index in [-0.39, 0.29) is 16.7 Å². The van der Waals surface area contributed by atoms with Gasteiger partial charge in [-0.15, -0.1) is 22.7 Å². The van der Waals surface area contributed by atoms with Gasteiger partial charge in [-0.2, -0.15) is 0 Å². The smallest absolute Gasteiger partial charge is 0.253 e. The van der Waals surface area contributed by atoms with Crippen LogP contribution in [0.15, 0.2) is 30.0 Å². The number of hydrogen-bond acceptors (Lipinski definition) is 5. The molecule has 0 saturated heterocycles. The lowest BCUT2D eigenvalue weighted by Crippen LogP contribution is -2.22. The number of hydrogen-bond donors (Lipinski definition) is 2. The Morgan fingerprint density at radius 2 is 2.00 bits per heavy atom. The molecule has 10 heteroatoms. The number of carbonyl (C=O) groups excluding carboxylic acids is 1. The van der Waals surface area contributed by atoms with Crippen molar-refractivity contribution in [3.8, 4) is 0 Å². The van der Waals surface area contributed by atoms with Crippen LogP contribution >= 0.6 is 54.5 Å². The van der Waals surface area contributed by atoms with Crippen LogP contribution in [0.5, 0.6) is 0 Å². The van der Waals surface area contributed by atoms with Crippen LogP contribution in [0.1, 0.15) is 15.2 Å². The summed E-state index contributed by atoms with van der Waals surface area (Å²) in [5, 5.41) is 7.75. The molecule has 0 aliphatic heterocycles. The van der Waals surface area contributed by atoms with E-state index in [2.05, 4.69) is 37.2 Å². The Kier molecular flexibility index (Phi) is 5.03. The molecule has 2 aromatic heterocycles. The highest BCUT2D eigenvalue weighted by atomic mass is 79.9. The maximum absolute atomic E-state index is 12.0. The van der Waals surface area contributed by atoms with E-state index in [1.807, 2.05) is 0 Å². The topological polar surface area (TPSA) is 89.3 Å². The predicted molar refractivity (Wildman–Crippen MR) is 86.6 cm³/mol. The minimum Gasteiger partial charge on any atom is -0.347 e. The molecule has 0 aliphatic carbocycles. The zero-order valence-electron chi connectivity index (χ0n) is 9.72. The van der Waals surface area contributed by atoms with Gasteiger partial charge in [0.05, 0.1) is 19.7 Å². The number of sulfonamides is 1. The zero-order chi connectivity index (χ0) is 14.9. The summed E-state index contributed by atoms with van der Waals surface area (Å²) in [5.74, 6) is -0.232. The molecule has 0 radical (unpaired) electrons. The van der Waals surface area contributed by atoms with E-state index >= 15 is 0 Å². The molecule has 0 saturated carbocycles. The van der Waals surface area contributed by atoms with Crippen LogP contribution in [-0.2, 0) is 16.6 Å². The summed E-state index contributed by atoms with van der Waals surface area (Å²) in [6, 6.07) is 4.77. The van der Waals surface area contributed by atoms with E-state index in [9.17, 15) is 13.2 Å². The van der Waals surface area contributed by atoms with Crippen LogP contribution in [0.4, 0.5) is 0 Å². The molecule has 2 aromatic rings. The van der Waals surface area contributed by atoms with Crippen molar-refractivity contribution < 1.29 is 13.2 Å². The van der Waals surface area contributed by atoms with Gasteiger partial charge in [-0.25, -0.2) is 13.6 Å². The summed E-state index contributed by atoms with van der Waals surface area (Å²) in [6.45, 7) is 0.249. The third-order valence-electron chi connectivity index (χ3n) is 2.24. The first kappa shape index (κ1) is 16.1. The Morgan fingerprint density at radius 3 is 2.50 bits per heavy atom. The van der Waals surface area contributed by atoms with E-state index < -0.39 is 10.0 Å². The fraction of sp³-hybridized carbons (Fsp3) is 0.100. The summed E-state index contributed by atoms with van der Waals surface area (Å²) >= 11 is 9.06. The molecule has 108 valence electrons. The normalized spacial score (nSPS) is 11.6. The van der Waals surface area contributed by atoms with E-state index in [4.69, 9.17) is 5.14 Å². The first-order chi connectivity index (χ1) is 9.27. The van der Waals surface area contributed by atoms with Crippen LogP contribution < -0.4 is 10.5 Å². The van der Waals surface area contributed by atoms with Crippen LogP contribution in [-0.4, -0.2) is 14.3 Å². The summed E-state index contributed by atoms with van der Waals surface area (Å²) in [5.41, 5.74) is 0.533. The van der Waals surface area contributed by atoms with Crippen molar-refractivity contribution in [2.24, 2.45) is 5.14 Å². The SMILES string of the molecule is NS(=O)(=O)c1ccc(CNC(=O)c2cc(Br)sc2Br)s1. The van der Waals surface area contributed by atoms with Crippen LogP contribution in [0.2, 0.25) is 0 Å². The first-order valence-corrected chi connectivity index (χ1v) is 9.88. The molecule has 0 atom stereocenters. The molecule has 0 fully saturated rings. The molecule has 3 N–H and O–H groups in total. The average molecular weight is 460 g/mol. The Morgan fingerprint density at radius 1 is 1.30 bits per heavy atom. The summed E-state index contributed by atoms with van der Waals surface area (Å²) in [7, 11) is -3.68. The number of nitrogens with two attached hydrogens (primary N) is 1. The highest BCUT2D eigenvalue weighted by Gasteiger charge is 2.15. The van der Waals surface area contributed by atoms with Crippen molar-refractivity contribution in [3.63, 3.8) is 0 Å². The van der Waals surface area contributed by atoms with E-state index in [1.165, 1.54) is 17.4 Å². The van der Waals surface area contributed by atoms with Gasteiger partial charge in [-0.3, -0.25) is 4.79 Å². The molecule has 20 heavy (non-hydrogen) atoms. The van der Waals surface area contributed by atoms with Crippen molar-refractivity contribution in [2.75, 3.05) is 0 Å². The number of halogens is 2. The lowest BCUT2D eigenvalue weighted by Gasteiger charge is -2.02. The Labute approximate surface area is 140 Å². The van der Waals surface area contributed by atoms with Crippen molar-refractivity contribution >= 4 is 70.5 Å². The third kappa shape index (κ3) is 3.89. The lowest BCUT2D eigenvalue weighted by atomic mass is 10.3. The van der Waals surface area contributed by atoms with Gasteiger partial charge in [0.25, 0.3) is 5.91 Å². The molecule has 2 heterocycles.